The number of aromatic nitrogens is 1. The molecular weight excluding hydrogens is 377 g/mol. The monoisotopic (exact) mass is 392 g/mol. The average Bonchev–Trinajstić information content (AvgIpc) is 2.73. The molecule has 0 aliphatic rings. The molecule has 144 valence electrons. The number of azo groups is 1. The number of hydrogen-bond donors (Lipinski definition) is 1. The van der Waals surface area contributed by atoms with Crippen LogP contribution < -0.4 is 5.73 Å². The van der Waals surface area contributed by atoms with Crippen LogP contribution in [-0.4, -0.2) is 4.98 Å². The van der Waals surface area contributed by atoms with Gasteiger partial charge < -0.3 is 5.73 Å². The van der Waals surface area contributed by atoms with E-state index in [0.29, 0.717) is 28.3 Å². The predicted octanol–water partition coefficient (Wildman–Crippen LogP) is 6.92. The lowest BCUT2D eigenvalue weighted by atomic mass is 10.1. The summed E-state index contributed by atoms with van der Waals surface area (Å²) in [6.45, 7) is 0. The molecule has 4 aromatic rings. The molecule has 0 radical (unpaired) electrons. The third kappa shape index (κ3) is 3.94. The van der Waals surface area contributed by atoms with Gasteiger partial charge in [-0.1, -0.05) is 42.5 Å². The summed E-state index contributed by atoms with van der Waals surface area (Å²) in [5.41, 5.74) is 7.78. The Morgan fingerprint density at radius 2 is 1.66 bits per heavy atom. The highest BCUT2D eigenvalue weighted by Gasteiger charge is 2.30. The molecule has 0 saturated heterocycles. The van der Waals surface area contributed by atoms with Crippen LogP contribution in [0.2, 0.25) is 0 Å². The average molecular weight is 392 g/mol. The number of alkyl halides is 3. The predicted molar refractivity (Wildman–Crippen MR) is 107 cm³/mol. The Morgan fingerprint density at radius 1 is 0.828 bits per heavy atom. The Bertz CT molecular complexity index is 1200. The second-order valence-electron chi connectivity index (χ2n) is 6.40. The van der Waals surface area contributed by atoms with Crippen LogP contribution in [0.15, 0.2) is 89.2 Å². The zero-order valence-corrected chi connectivity index (χ0v) is 15.1. The first-order chi connectivity index (χ1) is 13.9. The van der Waals surface area contributed by atoms with Crippen molar-refractivity contribution in [3.05, 3.63) is 84.6 Å². The molecule has 0 aliphatic heterocycles. The zero-order chi connectivity index (χ0) is 20.4. The summed E-state index contributed by atoms with van der Waals surface area (Å²) in [7, 11) is 0. The van der Waals surface area contributed by atoms with E-state index in [2.05, 4.69) is 15.2 Å². The molecule has 2 N–H and O–H groups in total. The molecule has 1 aromatic heterocycles. The molecule has 0 saturated carbocycles. The molecule has 0 amide bonds. The van der Waals surface area contributed by atoms with E-state index in [1.807, 2.05) is 30.3 Å². The number of anilines is 1. The van der Waals surface area contributed by atoms with Crippen molar-refractivity contribution < 1.29 is 13.2 Å². The maximum Gasteiger partial charge on any atom is 0.416 e. The lowest BCUT2D eigenvalue weighted by Crippen LogP contribution is -2.04. The highest BCUT2D eigenvalue weighted by Crippen LogP contribution is 2.33. The second-order valence-corrected chi connectivity index (χ2v) is 6.40. The summed E-state index contributed by atoms with van der Waals surface area (Å²) in [6, 6.07) is 19.7. The minimum atomic E-state index is -4.40. The number of halogens is 3. The molecule has 7 heteroatoms. The van der Waals surface area contributed by atoms with Gasteiger partial charge in [-0.05, 0) is 35.7 Å². The van der Waals surface area contributed by atoms with E-state index in [1.54, 1.807) is 24.3 Å². The van der Waals surface area contributed by atoms with Crippen molar-refractivity contribution in [2.75, 3.05) is 5.73 Å². The third-order valence-corrected chi connectivity index (χ3v) is 4.45. The van der Waals surface area contributed by atoms with Gasteiger partial charge in [-0.15, -0.1) is 10.2 Å². The van der Waals surface area contributed by atoms with E-state index in [9.17, 15) is 13.2 Å². The first-order valence-electron chi connectivity index (χ1n) is 8.74. The Kier molecular flexibility index (Phi) is 4.72. The highest BCUT2D eigenvalue weighted by atomic mass is 19.4. The Hall–Kier alpha value is -3.74. The van der Waals surface area contributed by atoms with Gasteiger partial charge in [0.1, 0.15) is 11.4 Å². The van der Waals surface area contributed by atoms with Crippen LogP contribution in [0.3, 0.4) is 0 Å². The Labute approximate surface area is 164 Å². The Morgan fingerprint density at radius 3 is 2.41 bits per heavy atom. The van der Waals surface area contributed by atoms with Crippen LogP contribution in [0, 0.1) is 0 Å². The minimum absolute atomic E-state index is 0.377. The van der Waals surface area contributed by atoms with E-state index < -0.39 is 11.7 Å². The van der Waals surface area contributed by atoms with Crippen LogP contribution in [-0.2, 0) is 6.18 Å². The van der Waals surface area contributed by atoms with Crippen LogP contribution in [0.5, 0.6) is 0 Å². The van der Waals surface area contributed by atoms with Gasteiger partial charge in [-0.25, -0.2) is 0 Å². The summed E-state index contributed by atoms with van der Waals surface area (Å²) in [5.74, 6) is 0. The molecular formula is C22H15F3N4. The fourth-order valence-corrected chi connectivity index (χ4v) is 2.95. The topological polar surface area (TPSA) is 63.6 Å². The second kappa shape index (κ2) is 7.35. The number of fused-ring (bicyclic) bond motifs is 1. The molecule has 0 fully saturated rings. The zero-order valence-electron chi connectivity index (χ0n) is 15.1. The lowest BCUT2D eigenvalue weighted by molar-refractivity contribution is -0.137. The van der Waals surface area contributed by atoms with Crippen molar-refractivity contribution in [1.29, 1.82) is 0 Å². The molecule has 0 bridgehead atoms. The van der Waals surface area contributed by atoms with Gasteiger partial charge in [-0.2, -0.15) is 13.2 Å². The minimum Gasteiger partial charge on any atom is -0.396 e. The van der Waals surface area contributed by atoms with Gasteiger partial charge in [0.2, 0.25) is 0 Å². The van der Waals surface area contributed by atoms with E-state index in [0.717, 1.165) is 22.9 Å². The number of benzene rings is 3. The standard InChI is InChI=1S/C22H15F3N4/c23-22(24,25)16-6-3-5-15(12-16)19-11-9-17(13-27-19)28-29-20-10-8-14-4-1-2-7-18(14)21(20)26/h1-13H,26H2. The van der Waals surface area contributed by atoms with E-state index in [-0.39, 0.29) is 0 Å². The van der Waals surface area contributed by atoms with Crippen LogP contribution >= 0.6 is 0 Å². The van der Waals surface area contributed by atoms with Gasteiger partial charge in [0, 0.05) is 10.9 Å². The van der Waals surface area contributed by atoms with Crippen LogP contribution in [0.1, 0.15) is 5.56 Å². The molecule has 0 unspecified atom stereocenters. The number of pyridine rings is 1. The smallest absolute Gasteiger partial charge is 0.396 e. The van der Waals surface area contributed by atoms with Crippen molar-refractivity contribution in [2.45, 2.75) is 6.18 Å². The molecule has 29 heavy (non-hydrogen) atoms. The van der Waals surface area contributed by atoms with E-state index in [4.69, 9.17) is 5.73 Å². The van der Waals surface area contributed by atoms with Crippen molar-refractivity contribution in [3.8, 4) is 11.3 Å². The maximum atomic E-state index is 12.9. The Balaban J connectivity index is 1.58. The number of hydrogen-bond acceptors (Lipinski definition) is 4. The largest absolute Gasteiger partial charge is 0.416 e. The maximum absolute atomic E-state index is 12.9. The van der Waals surface area contributed by atoms with E-state index >= 15 is 0 Å². The van der Waals surface area contributed by atoms with Gasteiger partial charge in [0.15, 0.2) is 0 Å². The van der Waals surface area contributed by atoms with Gasteiger partial charge in [-0.3, -0.25) is 4.98 Å². The van der Waals surface area contributed by atoms with Crippen LogP contribution in [0.4, 0.5) is 30.2 Å². The summed E-state index contributed by atoms with van der Waals surface area (Å²) >= 11 is 0. The van der Waals surface area contributed by atoms with Crippen molar-refractivity contribution in [3.63, 3.8) is 0 Å². The van der Waals surface area contributed by atoms with Gasteiger partial charge in [0.25, 0.3) is 0 Å². The number of nitrogen functional groups attached to an aromatic ring is 1. The molecule has 0 spiro atoms. The first kappa shape index (κ1) is 18.6. The van der Waals surface area contributed by atoms with Crippen LogP contribution in [0.25, 0.3) is 22.0 Å². The SMILES string of the molecule is Nc1c(N=Nc2ccc(-c3cccc(C(F)(F)F)c3)nc2)ccc2ccccc12. The molecule has 4 rings (SSSR count). The van der Waals surface area contributed by atoms with Crippen molar-refractivity contribution in [2.24, 2.45) is 10.2 Å². The molecule has 3 aromatic carbocycles. The van der Waals surface area contributed by atoms with Crippen molar-refractivity contribution >= 4 is 27.8 Å². The van der Waals surface area contributed by atoms with Crippen molar-refractivity contribution in [1.82, 2.24) is 4.98 Å². The third-order valence-electron chi connectivity index (χ3n) is 4.45. The fourth-order valence-electron chi connectivity index (χ4n) is 2.95. The summed E-state index contributed by atoms with van der Waals surface area (Å²) in [5, 5.41) is 10.2. The van der Waals surface area contributed by atoms with Gasteiger partial charge >= 0.3 is 6.18 Å². The summed E-state index contributed by atoms with van der Waals surface area (Å²) in [4.78, 5) is 4.20. The highest BCUT2D eigenvalue weighted by molar-refractivity contribution is 5.97. The lowest BCUT2D eigenvalue weighted by Gasteiger charge is -2.08. The molecule has 0 atom stereocenters. The number of nitrogens with zero attached hydrogens (tertiary/aromatic N) is 3. The number of rotatable bonds is 3. The fraction of sp³-hybridized carbons (Fsp3) is 0.0455. The molecule has 0 aliphatic carbocycles. The van der Waals surface area contributed by atoms with E-state index in [1.165, 1.54) is 12.3 Å². The summed E-state index contributed by atoms with van der Waals surface area (Å²) in [6.07, 6.45) is -2.94. The number of nitrogens with two attached hydrogens (primary N) is 1. The quantitative estimate of drug-likeness (QED) is 0.304. The summed E-state index contributed by atoms with van der Waals surface area (Å²) < 4.78 is 38.6. The van der Waals surface area contributed by atoms with Gasteiger partial charge in [0.05, 0.1) is 23.1 Å². The molecule has 4 nitrogen and oxygen atoms in total. The normalized spacial score (nSPS) is 12.0. The first-order valence-corrected chi connectivity index (χ1v) is 8.74. The molecule has 1 heterocycles.